The lowest BCUT2D eigenvalue weighted by molar-refractivity contribution is -0.116. The van der Waals surface area contributed by atoms with E-state index in [0.29, 0.717) is 34.8 Å². The Hall–Kier alpha value is -3.06. The number of aryl methyl sites for hydroxylation is 1. The molecule has 4 rings (SSSR count). The van der Waals surface area contributed by atoms with Gasteiger partial charge in [-0.25, -0.2) is 0 Å². The minimum atomic E-state index is -0.338. The number of anilines is 1. The van der Waals surface area contributed by atoms with Gasteiger partial charge in [0.05, 0.1) is 12.2 Å². The number of nitrogens with one attached hydrogen (secondary N) is 1. The van der Waals surface area contributed by atoms with Crippen molar-refractivity contribution >= 4 is 23.5 Å². The molecule has 172 valence electrons. The molecule has 1 aromatic heterocycles. The Morgan fingerprint density at radius 3 is 2.48 bits per heavy atom. The molecule has 33 heavy (non-hydrogen) atoms. The smallest absolute Gasteiger partial charge is 0.279 e. The van der Waals surface area contributed by atoms with Crippen molar-refractivity contribution in [3.8, 4) is 5.75 Å². The number of aromatic nitrogens is 2. The molecule has 1 N–H and O–H groups in total. The molecular formula is C26H29N3O3S. The molecule has 0 radical (unpaired) electrons. The molecule has 0 saturated carbocycles. The highest BCUT2D eigenvalue weighted by Gasteiger charge is 2.32. The van der Waals surface area contributed by atoms with Crippen LogP contribution in [0.4, 0.5) is 5.82 Å². The number of fused-ring (bicyclic) bond motifs is 1. The molecule has 1 atom stereocenters. The van der Waals surface area contributed by atoms with Gasteiger partial charge in [0.1, 0.15) is 11.6 Å². The Balaban J connectivity index is 1.61. The second-order valence-corrected chi connectivity index (χ2v) is 9.82. The van der Waals surface area contributed by atoms with Crippen molar-refractivity contribution in [2.45, 2.75) is 44.0 Å². The number of nitrogens with zero attached hydrogens (tertiary/aromatic N) is 2. The van der Waals surface area contributed by atoms with Gasteiger partial charge in [0.15, 0.2) is 5.16 Å². The third-order valence-electron chi connectivity index (χ3n) is 5.66. The molecule has 7 heteroatoms. The van der Waals surface area contributed by atoms with E-state index >= 15 is 0 Å². The van der Waals surface area contributed by atoms with Gasteiger partial charge >= 0.3 is 0 Å². The molecule has 0 bridgehead atoms. The Morgan fingerprint density at radius 1 is 1.12 bits per heavy atom. The van der Waals surface area contributed by atoms with Crippen molar-refractivity contribution in [2.24, 2.45) is 13.0 Å². The third kappa shape index (κ3) is 5.30. The lowest BCUT2D eigenvalue weighted by Gasteiger charge is -2.27. The van der Waals surface area contributed by atoms with Gasteiger partial charge in [-0.2, -0.15) is 4.98 Å². The summed E-state index contributed by atoms with van der Waals surface area (Å²) in [6.07, 6.45) is 0.214. The zero-order valence-corrected chi connectivity index (χ0v) is 20.2. The molecule has 2 aromatic carbocycles. The topological polar surface area (TPSA) is 73.2 Å². The number of ether oxygens (including phenoxy) is 1. The minimum absolute atomic E-state index is 0.108. The summed E-state index contributed by atoms with van der Waals surface area (Å²) in [6.45, 7) is 6.89. The fourth-order valence-electron chi connectivity index (χ4n) is 3.84. The first-order valence-corrected chi connectivity index (χ1v) is 12.1. The van der Waals surface area contributed by atoms with Crippen LogP contribution in [0.25, 0.3) is 0 Å². The van der Waals surface area contributed by atoms with Crippen molar-refractivity contribution < 1.29 is 9.53 Å². The summed E-state index contributed by atoms with van der Waals surface area (Å²) < 4.78 is 7.59. The quantitative estimate of drug-likeness (QED) is 0.399. The number of hydrogen-bond acceptors (Lipinski definition) is 5. The Bertz CT molecular complexity index is 1200. The molecule has 0 fully saturated rings. The van der Waals surface area contributed by atoms with E-state index in [9.17, 15) is 9.59 Å². The fourth-order valence-corrected chi connectivity index (χ4v) is 4.76. The van der Waals surface area contributed by atoms with Crippen LogP contribution in [0.5, 0.6) is 5.75 Å². The lowest BCUT2D eigenvalue weighted by Crippen LogP contribution is -2.33. The van der Waals surface area contributed by atoms with Crippen LogP contribution >= 0.6 is 11.8 Å². The highest BCUT2D eigenvalue weighted by molar-refractivity contribution is 7.98. The van der Waals surface area contributed by atoms with E-state index in [4.69, 9.17) is 4.74 Å². The molecule has 1 aliphatic heterocycles. The highest BCUT2D eigenvalue weighted by atomic mass is 32.2. The van der Waals surface area contributed by atoms with Gasteiger partial charge in [-0.15, -0.1) is 0 Å². The molecule has 0 aliphatic carbocycles. The van der Waals surface area contributed by atoms with Gasteiger partial charge in [0.2, 0.25) is 5.91 Å². The number of rotatable bonds is 7. The molecule has 3 aromatic rings. The summed E-state index contributed by atoms with van der Waals surface area (Å²) in [4.78, 5) is 30.1. The van der Waals surface area contributed by atoms with Crippen LogP contribution in [0.15, 0.2) is 58.5 Å². The van der Waals surface area contributed by atoms with Crippen molar-refractivity contribution in [1.82, 2.24) is 9.55 Å². The minimum Gasteiger partial charge on any atom is -0.493 e. The first kappa shape index (κ1) is 23.1. The predicted molar refractivity (Wildman–Crippen MR) is 132 cm³/mol. The average molecular weight is 464 g/mol. The van der Waals surface area contributed by atoms with Crippen LogP contribution in [0.2, 0.25) is 0 Å². The van der Waals surface area contributed by atoms with Gasteiger partial charge in [-0.1, -0.05) is 67.6 Å². The summed E-state index contributed by atoms with van der Waals surface area (Å²) >= 11 is 1.48. The zero-order valence-electron chi connectivity index (χ0n) is 19.4. The van der Waals surface area contributed by atoms with Crippen LogP contribution in [0.1, 0.15) is 48.4 Å². The number of benzene rings is 2. The number of amides is 1. The molecule has 1 aliphatic rings. The second kappa shape index (κ2) is 9.83. The summed E-state index contributed by atoms with van der Waals surface area (Å²) in [7, 11) is 1.84. The summed E-state index contributed by atoms with van der Waals surface area (Å²) in [5, 5.41) is 3.49. The Morgan fingerprint density at radius 2 is 1.82 bits per heavy atom. The highest BCUT2D eigenvalue weighted by Crippen LogP contribution is 2.36. The Labute approximate surface area is 198 Å². The standard InChI is InChI=1S/C26H29N3O3S/c1-16(2)14-32-20-11-9-19(10-12-20)21-13-22(30)27-24-23(21)25(31)28-26(29(24)4)33-15-18-7-5-17(3)6-8-18/h5-12,16,21H,13-15H2,1-4H3,(H,27,30)/t21-/m1/s1. The van der Waals surface area contributed by atoms with E-state index in [-0.39, 0.29) is 23.8 Å². The van der Waals surface area contributed by atoms with Crippen molar-refractivity contribution in [3.05, 3.63) is 81.1 Å². The van der Waals surface area contributed by atoms with E-state index in [1.807, 2.05) is 35.9 Å². The van der Waals surface area contributed by atoms with Crippen LogP contribution in [-0.4, -0.2) is 22.1 Å². The maximum absolute atomic E-state index is 13.1. The lowest BCUT2D eigenvalue weighted by atomic mass is 9.87. The van der Waals surface area contributed by atoms with Crippen LogP contribution in [0.3, 0.4) is 0 Å². The predicted octanol–water partition coefficient (Wildman–Crippen LogP) is 4.89. The average Bonchev–Trinajstić information content (AvgIpc) is 2.80. The van der Waals surface area contributed by atoms with Crippen LogP contribution in [0, 0.1) is 12.8 Å². The first-order valence-electron chi connectivity index (χ1n) is 11.1. The molecule has 0 unspecified atom stereocenters. The van der Waals surface area contributed by atoms with Crippen molar-refractivity contribution in [2.75, 3.05) is 11.9 Å². The van der Waals surface area contributed by atoms with E-state index < -0.39 is 0 Å². The normalized spacial score (nSPS) is 15.3. The maximum Gasteiger partial charge on any atom is 0.279 e. The van der Waals surface area contributed by atoms with Crippen LogP contribution < -0.4 is 15.6 Å². The molecule has 0 saturated heterocycles. The van der Waals surface area contributed by atoms with E-state index in [1.165, 1.54) is 17.3 Å². The van der Waals surface area contributed by atoms with Gasteiger partial charge in [0.25, 0.3) is 5.56 Å². The molecule has 1 amide bonds. The van der Waals surface area contributed by atoms with Crippen molar-refractivity contribution in [3.63, 3.8) is 0 Å². The molecule has 6 nitrogen and oxygen atoms in total. The fraction of sp³-hybridized carbons (Fsp3) is 0.346. The largest absolute Gasteiger partial charge is 0.493 e. The zero-order chi connectivity index (χ0) is 23.5. The number of thioether (sulfide) groups is 1. The number of hydrogen-bond donors (Lipinski definition) is 1. The summed E-state index contributed by atoms with van der Waals surface area (Å²) in [6, 6.07) is 15.9. The summed E-state index contributed by atoms with van der Waals surface area (Å²) in [5.74, 6) is 1.99. The second-order valence-electron chi connectivity index (χ2n) is 8.87. The van der Waals surface area contributed by atoms with Gasteiger partial charge in [-0.05, 0) is 36.1 Å². The van der Waals surface area contributed by atoms with Gasteiger partial charge in [0, 0.05) is 25.1 Å². The van der Waals surface area contributed by atoms with E-state index in [2.05, 4.69) is 55.3 Å². The van der Waals surface area contributed by atoms with E-state index in [0.717, 1.165) is 16.9 Å². The monoisotopic (exact) mass is 463 g/mol. The van der Waals surface area contributed by atoms with Gasteiger partial charge in [-0.3, -0.25) is 9.59 Å². The maximum atomic E-state index is 13.1. The van der Waals surface area contributed by atoms with Crippen LogP contribution in [-0.2, 0) is 17.6 Å². The SMILES string of the molecule is Cc1ccc(CSc2nc(=O)c3c(n2C)NC(=O)C[C@@H]3c2ccc(OCC(C)C)cc2)cc1. The first-order chi connectivity index (χ1) is 15.8. The molecular weight excluding hydrogens is 434 g/mol. The number of carbonyl (C=O) groups is 1. The molecule has 2 heterocycles. The summed E-state index contributed by atoms with van der Waals surface area (Å²) in [5.41, 5.74) is 3.50. The third-order valence-corrected chi connectivity index (χ3v) is 6.76. The van der Waals surface area contributed by atoms with E-state index in [1.54, 1.807) is 0 Å². The number of carbonyl (C=O) groups excluding carboxylic acids is 1. The van der Waals surface area contributed by atoms with Gasteiger partial charge < -0.3 is 14.6 Å². The van der Waals surface area contributed by atoms with Crippen molar-refractivity contribution in [1.29, 1.82) is 0 Å². The molecule has 0 spiro atoms. The Kier molecular flexibility index (Phi) is 6.88.